The third kappa shape index (κ3) is 3.07. The number of hydrogen-bond acceptors (Lipinski definition) is 3. The second-order valence-electron chi connectivity index (χ2n) is 3.77. The smallest absolute Gasteiger partial charge is 0.125 e. The zero-order valence-electron chi connectivity index (χ0n) is 9.47. The monoisotopic (exact) mass is 234 g/mol. The number of nitrogens with two attached hydrogens (primary N) is 1. The molecule has 90 valence electrons. The highest BCUT2D eigenvalue weighted by Gasteiger charge is 2.08. The fourth-order valence-corrected chi connectivity index (χ4v) is 1.72. The van der Waals surface area contributed by atoms with Crippen molar-refractivity contribution in [3.05, 3.63) is 54.2 Å². The molecule has 0 aliphatic rings. The van der Waals surface area contributed by atoms with Crippen LogP contribution in [0.25, 0.3) is 0 Å². The Morgan fingerprint density at radius 3 is 2.76 bits per heavy atom. The molecule has 0 radical (unpaired) electrons. The van der Waals surface area contributed by atoms with Crippen LogP contribution in [0.3, 0.4) is 0 Å². The molecular formula is C13H15FN2O. The maximum absolute atomic E-state index is 13.2. The molecule has 2 N–H and O–H groups in total. The van der Waals surface area contributed by atoms with Crippen molar-refractivity contribution < 1.29 is 8.81 Å². The van der Waals surface area contributed by atoms with Crippen molar-refractivity contribution in [3.63, 3.8) is 0 Å². The first-order valence-corrected chi connectivity index (χ1v) is 5.52. The van der Waals surface area contributed by atoms with Crippen LogP contribution < -0.4 is 10.6 Å². The van der Waals surface area contributed by atoms with E-state index in [1.54, 1.807) is 12.3 Å². The minimum atomic E-state index is -0.246. The van der Waals surface area contributed by atoms with Crippen molar-refractivity contribution in [2.45, 2.75) is 6.54 Å². The summed E-state index contributed by atoms with van der Waals surface area (Å²) in [5.74, 6) is 0.590. The molecule has 0 saturated carbocycles. The Labute approximate surface area is 99.6 Å². The highest BCUT2D eigenvalue weighted by Crippen LogP contribution is 2.18. The van der Waals surface area contributed by atoms with Crippen molar-refractivity contribution in [1.82, 2.24) is 0 Å². The molecule has 0 saturated heterocycles. The predicted octanol–water partition coefficient (Wildman–Crippen LogP) is 2.38. The molecule has 1 heterocycles. The van der Waals surface area contributed by atoms with Crippen LogP contribution in [0.5, 0.6) is 0 Å². The molecule has 0 aliphatic heterocycles. The van der Waals surface area contributed by atoms with Gasteiger partial charge in [0.1, 0.15) is 11.6 Å². The van der Waals surface area contributed by atoms with Gasteiger partial charge < -0.3 is 15.1 Å². The standard InChI is InChI=1S/C13H15FN2O/c14-11-3-1-4-12(9-11)16(7-6-15)10-13-5-2-8-17-13/h1-5,8-9H,6-7,10,15H2. The summed E-state index contributed by atoms with van der Waals surface area (Å²) >= 11 is 0. The molecule has 0 bridgehead atoms. The average Bonchev–Trinajstić information content (AvgIpc) is 2.81. The van der Waals surface area contributed by atoms with Crippen LogP contribution in [0.4, 0.5) is 10.1 Å². The Morgan fingerprint density at radius 1 is 1.24 bits per heavy atom. The van der Waals surface area contributed by atoms with Gasteiger partial charge in [0.15, 0.2) is 0 Å². The van der Waals surface area contributed by atoms with E-state index in [9.17, 15) is 4.39 Å². The molecule has 1 aromatic carbocycles. The van der Waals surface area contributed by atoms with Gasteiger partial charge in [-0.2, -0.15) is 0 Å². The van der Waals surface area contributed by atoms with Crippen molar-refractivity contribution in [1.29, 1.82) is 0 Å². The Kier molecular flexibility index (Phi) is 3.77. The van der Waals surface area contributed by atoms with E-state index in [0.29, 0.717) is 19.6 Å². The van der Waals surface area contributed by atoms with E-state index in [1.165, 1.54) is 12.1 Å². The third-order valence-corrected chi connectivity index (χ3v) is 2.50. The zero-order chi connectivity index (χ0) is 12.1. The molecule has 1 aromatic heterocycles. The zero-order valence-corrected chi connectivity index (χ0v) is 9.47. The maximum Gasteiger partial charge on any atom is 0.125 e. The lowest BCUT2D eigenvalue weighted by Gasteiger charge is -2.23. The van der Waals surface area contributed by atoms with Crippen LogP contribution in [-0.4, -0.2) is 13.1 Å². The molecule has 2 rings (SSSR count). The minimum absolute atomic E-state index is 0.246. The first-order chi connectivity index (χ1) is 8.29. The number of anilines is 1. The number of rotatable bonds is 5. The lowest BCUT2D eigenvalue weighted by molar-refractivity contribution is 0.502. The van der Waals surface area contributed by atoms with E-state index < -0.39 is 0 Å². The van der Waals surface area contributed by atoms with Gasteiger partial charge in [0.25, 0.3) is 0 Å². The molecule has 17 heavy (non-hydrogen) atoms. The first-order valence-electron chi connectivity index (χ1n) is 5.52. The number of nitrogens with zero attached hydrogens (tertiary/aromatic N) is 1. The Bertz CT molecular complexity index is 456. The SMILES string of the molecule is NCCN(Cc1ccco1)c1cccc(F)c1. The number of halogens is 1. The predicted molar refractivity (Wildman–Crippen MR) is 65.2 cm³/mol. The minimum Gasteiger partial charge on any atom is -0.467 e. The molecule has 0 unspecified atom stereocenters. The van der Waals surface area contributed by atoms with Crippen molar-refractivity contribution in [3.8, 4) is 0 Å². The maximum atomic E-state index is 13.2. The highest BCUT2D eigenvalue weighted by atomic mass is 19.1. The molecule has 0 atom stereocenters. The third-order valence-electron chi connectivity index (χ3n) is 2.50. The van der Waals surface area contributed by atoms with Crippen molar-refractivity contribution in [2.24, 2.45) is 5.73 Å². The van der Waals surface area contributed by atoms with Gasteiger partial charge in [-0.25, -0.2) is 4.39 Å². The van der Waals surface area contributed by atoms with Crippen molar-refractivity contribution in [2.75, 3.05) is 18.0 Å². The van der Waals surface area contributed by atoms with E-state index in [1.807, 2.05) is 23.1 Å². The second-order valence-corrected chi connectivity index (χ2v) is 3.77. The van der Waals surface area contributed by atoms with Crippen LogP contribution >= 0.6 is 0 Å². The summed E-state index contributed by atoms with van der Waals surface area (Å²) in [7, 11) is 0. The summed E-state index contributed by atoms with van der Waals surface area (Å²) in [6, 6.07) is 10.2. The number of furan rings is 1. The van der Waals surface area contributed by atoms with Gasteiger partial charge in [-0.05, 0) is 30.3 Å². The Hall–Kier alpha value is -1.81. The van der Waals surface area contributed by atoms with Gasteiger partial charge in [-0.3, -0.25) is 0 Å². The lowest BCUT2D eigenvalue weighted by atomic mass is 10.2. The van der Waals surface area contributed by atoms with E-state index in [4.69, 9.17) is 10.2 Å². The molecule has 0 aliphatic carbocycles. The topological polar surface area (TPSA) is 42.4 Å². The van der Waals surface area contributed by atoms with Crippen LogP contribution in [0.15, 0.2) is 47.1 Å². The summed E-state index contributed by atoms with van der Waals surface area (Å²) in [6.07, 6.45) is 1.63. The highest BCUT2D eigenvalue weighted by molar-refractivity contribution is 5.46. The molecule has 3 nitrogen and oxygen atoms in total. The quantitative estimate of drug-likeness (QED) is 0.863. The van der Waals surface area contributed by atoms with Crippen LogP contribution in [-0.2, 0) is 6.54 Å². The normalized spacial score (nSPS) is 10.5. The molecule has 0 spiro atoms. The van der Waals surface area contributed by atoms with E-state index in [-0.39, 0.29) is 5.82 Å². The molecule has 0 fully saturated rings. The van der Waals surface area contributed by atoms with Gasteiger partial charge in [0, 0.05) is 18.8 Å². The largest absolute Gasteiger partial charge is 0.467 e. The Balaban J connectivity index is 2.16. The first kappa shape index (κ1) is 11.7. The van der Waals surface area contributed by atoms with Crippen molar-refractivity contribution >= 4 is 5.69 Å². The fourth-order valence-electron chi connectivity index (χ4n) is 1.72. The summed E-state index contributed by atoms with van der Waals surface area (Å²) < 4.78 is 18.5. The van der Waals surface area contributed by atoms with Gasteiger partial charge in [0.2, 0.25) is 0 Å². The fraction of sp³-hybridized carbons (Fsp3) is 0.231. The number of hydrogen-bond donors (Lipinski definition) is 1. The number of benzene rings is 1. The lowest BCUT2D eigenvalue weighted by Crippen LogP contribution is -2.28. The molecule has 0 amide bonds. The van der Waals surface area contributed by atoms with Crippen LogP contribution in [0.1, 0.15) is 5.76 Å². The van der Waals surface area contributed by atoms with E-state index >= 15 is 0 Å². The summed E-state index contributed by atoms with van der Waals surface area (Å²) in [6.45, 7) is 1.76. The molecule has 4 heteroatoms. The van der Waals surface area contributed by atoms with Gasteiger partial charge in [-0.1, -0.05) is 6.07 Å². The summed E-state index contributed by atoms with van der Waals surface area (Å²) in [5.41, 5.74) is 6.38. The summed E-state index contributed by atoms with van der Waals surface area (Å²) in [4.78, 5) is 1.99. The van der Waals surface area contributed by atoms with Gasteiger partial charge in [-0.15, -0.1) is 0 Å². The molecule has 2 aromatic rings. The van der Waals surface area contributed by atoms with Gasteiger partial charge >= 0.3 is 0 Å². The molecular weight excluding hydrogens is 219 g/mol. The Morgan fingerprint density at radius 2 is 2.12 bits per heavy atom. The second kappa shape index (κ2) is 5.50. The van der Waals surface area contributed by atoms with Crippen LogP contribution in [0, 0.1) is 5.82 Å². The van der Waals surface area contributed by atoms with E-state index in [0.717, 1.165) is 11.4 Å². The average molecular weight is 234 g/mol. The summed E-state index contributed by atoms with van der Waals surface area (Å²) in [5, 5.41) is 0. The van der Waals surface area contributed by atoms with Gasteiger partial charge in [0.05, 0.1) is 12.8 Å². The van der Waals surface area contributed by atoms with E-state index in [2.05, 4.69) is 0 Å². The van der Waals surface area contributed by atoms with Crippen LogP contribution in [0.2, 0.25) is 0 Å².